The highest BCUT2D eigenvalue weighted by Crippen LogP contribution is 2.36. The van der Waals surface area contributed by atoms with Gasteiger partial charge >= 0.3 is 11.9 Å². The number of hydrogen-bond acceptors (Lipinski definition) is 4. The molecule has 0 bridgehead atoms. The van der Waals surface area contributed by atoms with Crippen LogP contribution in [0.15, 0.2) is 18.2 Å². The van der Waals surface area contributed by atoms with E-state index >= 15 is 0 Å². The number of methoxy groups -OCH3 is 1. The Kier molecular flexibility index (Phi) is 3.43. The molecule has 2 N–H and O–H groups in total. The van der Waals surface area contributed by atoms with Gasteiger partial charge in [-0.1, -0.05) is 17.7 Å². The van der Waals surface area contributed by atoms with E-state index in [1.54, 1.807) is 18.2 Å². The Labute approximate surface area is 109 Å². The van der Waals surface area contributed by atoms with Crippen LogP contribution in [0.1, 0.15) is 17.9 Å². The summed E-state index contributed by atoms with van der Waals surface area (Å²) in [5.74, 6) is -2.02. The molecule has 0 unspecified atom stereocenters. The van der Waals surface area contributed by atoms with E-state index in [1.807, 2.05) is 0 Å². The number of carboxylic acid groups (broad SMARTS) is 1. The Morgan fingerprint density at radius 1 is 1.50 bits per heavy atom. The molecule has 0 amide bonds. The van der Waals surface area contributed by atoms with Crippen LogP contribution in [0.4, 0.5) is 5.69 Å². The molecule has 96 valence electrons. The first-order chi connectivity index (χ1) is 8.52. The minimum Gasteiger partial charge on any atom is -0.480 e. The lowest BCUT2D eigenvalue weighted by Gasteiger charge is -2.29. The van der Waals surface area contributed by atoms with E-state index in [2.05, 4.69) is 5.32 Å². The molecule has 1 aromatic rings. The Balaban J connectivity index is 2.43. The van der Waals surface area contributed by atoms with Gasteiger partial charge in [0.05, 0.1) is 13.0 Å². The third-order valence-electron chi connectivity index (χ3n) is 2.98. The summed E-state index contributed by atoms with van der Waals surface area (Å²) >= 11 is 5.86. The number of carbonyl (C=O) groups is 2. The van der Waals surface area contributed by atoms with Crippen LogP contribution >= 0.6 is 11.6 Å². The van der Waals surface area contributed by atoms with Crippen molar-refractivity contribution in [1.82, 2.24) is 0 Å². The van der Waals surface area contributed by atoms with Gasteiger partial charge in [-0.3, -0.25) is 4.79 Å². The van der Waals surface area contributed by atoms with Crippen molar-refractivity contribution in [3.05, 3.63) is 28.8 Å². The van der Waals surface area contributed by atoms with Gasteiger partial charge in [-0.2, -0.15) is 0 Å². The third-order valence-corrected chi connectivity index (χ3v) is 3.21. The lowest BCUT2D eigenvalue weighted by atomic mass is 9.87. The molecule has 2 atom stereocenters. The van der Waals surface area contributed by atoms with E-state index < -0.39 is 23.9 Å². The van der Waals surface area contributed by atoms with Crippen LogP contribution in [0.2, 0.25) is 5.02 Å². The molecule has 0 saturated heterocycles. The molecule has 1 heterocycles. The van der Waals surface area contributed by atoms with Gasteiger partial charge < -0.3 is 15.2 Å². The minimum absolute atomic E-state index is 0.163. The van der Waals surface area contributed by atoms with E-state index in [1.165, 1.54) is 7.11 Å². The SMILES string of the molecule is COC(=O)[C@@H]1C[C@@H](C(=O)O)Nc2cc(Cl)ccc21. The van der Waals surface area contributed by atoms with Gasteiger partial charge in [-0.25, -0.2) is 4.79 Å². The lowest BCUT2D eigenvalue weighted by Crippen LogP contribution is -2.37. The normalized spacial score (nSPS) is 21.7. The zero-order valence-electron chi connectivity index (χ0n) is 9.64. The molecule has 1 aliphatic heterocycles. The number of aliphatic carboxylic acids is 1. The quantitative estimate of drug-likeness (QED) is 0.802. The number of ether oxygens (including phenoxy) is 1. The maximum atomic E-state index is 11.7. The highest BCUT2D eigenvalue weighted by atomic mass is 35.5. The van der Waals surface area contributed by atoms with Gasteiger partial charge in [0.15, 0.2) is 0 Å². The van der Waals surface area contributed by atoms with Crippen molar-refractivity contribution in [3.63, 3.8) is 0 Å². The first-order valence-corrected chi connectivity index (χ1v) is 5.77. The summed E-state index contributed by atoms with van der Waals surface area (Å²) in [5.41, 5.74) is 1.28. The number of hydrogen-bond donors (Lipinski definition) is 2. The zero-order valence-corrected chi connectivity index (χ0v) is 10.4. The van der Waals surface area contributed by atoms with Crippen molar-refractivity contribution in [1.29, 1.82) is 0 Å². The molecule has 2 rings (SSSR count). The van der Waals surface area contributed by atoms with E-state index in [0.717, 1.165) is 0 Å². The first kappa shape index (κ1) is 12.7. The molecule has 0 aliphatic carbocycles. The molecule has 18 heavy (non-hydrogen) atoms. The van der Waals surface area contributed by atoms with Crippen LogP contribution < -0.4 is 5.32 Å². The topological polar surface area (TPSA) is 75.6 Å². The summed E-state index contributed by atoms with van der Waals surface area (Å²) in [4.78, 5) is 22.8. The summed E-state index contributed by atoms with van der Waals surface area (Å²) in [5, 5.41) is 12.4. The van der Waals surface area contributed by atoms with Crippen molar-refractivity contribution in [2.45, 2.75) is 18.4 Å². The van der Waals surface area contributed by atoms with Crippen LogP contribution in [0, 0.1) is 0 Å². The second-order valence-electron chi connectivity index (χ2n) is 4.08. The number of halogens is 1. The average Bonchev–Trinajstić information content (AvgIpc) is 2.35. The number of carbonyl (C=O) groups excluding carboxylic acids is 1. The Bertz CT molecular complexity index is 503. The van der Waals surface area contributed by atoms with Crippen molar-refractivity contribution in [3.8, 4) is 0 Å². The molecule has 0 fully saturated rings. The zero-order chi connectivity index (χ0) is 13.3. The van der Waals surface area contributed by atoms with E-state index in [9.17, 15) is 9.59 Å². The second-order valence-corrected chi connectivity index (χ2v) is 4.51. The number of nitrogens with one attached hydrogen (secondary N) is 1. The fraction of sp³-hybridized carbons (Fsp3) is 0.333. The highest BCUT2D eigenvalue weighted by Gasteiger charge is 2.35. The van der Waals surface area contributed by atoms with Gasteiger partial charge in [0, 0.05) is 10.7 Å². The van der Waals surface area contributed by atoms with Crippen LogP contribution in [-0.4, -0.2) is 30.2 Å². The molecule has 5 nitrogen and oxygen atoms in total. The lowest BCUT2D eigenvalue weighted by molar-refractivity contribution is -0.143. The van der Waals surface area contributed by atoms with Gasteiger partial charge in [0.1, 0.15) is 6.04 Å². The predicted octanol–water partition coefficient (Wildman–Crippen LogP) is 1.87. The molecule has 0 aromatic heterocycles. The van der Waals surface area contributed by atoms with Gasteiger partial charge in [0.2, 0.25) is 0 Å². The molecule has 1 aliphatic rings. The largest absolute Gasteiger partial charge is 0.480 e. The third kappa shape index (κ3) is 2.26. The summed E-state index contributed by atoms with van der Waals surface area (Å²) in [6.45, 7) is 0. The minimum atomic E-state index is -1.01. The average molecular weight is 270 g/mol. The van der Waals surface area contributed by atoms with Crippen molar-refractivity contribution in [2.24, 2.45) is 0 Å². The number of benzene rings is 1. The molecular weight excluding hydrogens is 258 g/mol. The molecule has 0 spiro atoms. The van der Waals surface area contributed by atoms with E-state index in [0.29, 0.717) is 16.3 Å². The van der Waals surface area contributed by atoms with Crippen molar-refractivity contribution >= 4 is 29.2 Å². The fourth-order valence-corrected chi connectivity index (χ4v) is 2.27. The summed E-state index contributed by atoms with van der Waals surface area (Å²) in [6.07, 6.45) is 0.163. The molecule has 0 radical (unpaired) electrons. The number of fused-ring (bicyclic) bond motifs is 1. The molecular formula is C12H12ClNO4. The van der Waals surface area contributed by atoms with Crippen molar-refractivity contribution < 1.29 is 19.4 Å². The number of anilines is 1. The van der Waals surface area contributed by atoms with Crippen LogP contribution in [0.5, 0.6) is 0 Å². The second kappa shape index (κ2) is 4.86. The molecule has 1 aromatic carbocycles. The molecule has 6 heteroatoms. The van der Waals surface area contributed by atoms with Crippen LogP contribution in [0.3, 0.4) is 0 Å². The van der Waals surface area contributed by atoms with Crippen LogP contribution in [0.25, 0.3) is 0 Å². The highest BCUT2D eigenvalue weighted by molar-refractivity contribution is 6.30. The van der Waals surface area contributed by atoms with Crippen LogP contribution in [-0.2, 0) is 14.3 Å². The number of carboxylic acids is 1. The Morgan fingerprint density at radius 2 is 2.22 bits per heavy atom. The molecule has 0 saturated carbocycles. The first-order valence-electron chi connectivity index (χ1n) is 5.39. The summed E-state index contributed by atoms with van der Waals surface area (Å²) in [7, 11) is 1.29. The van der Waals surface area contributed by atoms with E-state index in [-0.39, 0.29) is 6.42 Å². The maximum absolute atomic E-state index is 11.7. The Hall–Kier alpha value is -1.75. The Morgan fingerprint density at radius 3 is 2.83 bits per heavy atom. The van der Waals surface area contributed by atoms with E-state index in [4.69, 9.17) is 21.4 Å². The number of rotatable bonds is 2. The monoisotopic (exact) mass is 269 g/mol. The van der Waals surface area contributed by atoms with Crippen molar-refractivity contribution in [2.75, 3.05) is 12.4 Å². The fourth-order valence-electron chi connectivity index (χ4n) is 2.09. The van der Waals surface area contributed by atoms with Gasteiger partial charge in [0.25, 0.3) is 0 Å². The summed E-state index contributed by atoms with van der Waals surface area (Å²) in [6, 6.07) is 4.17. The van der Waals surface area contributed by atoms with Gasteiger partial charge in [-0.15, -0.1) is 0 Å². The van der Waals surface area contributed by atoms with Gasteiger partial charge in [-0.05, 0) is 24.1 Å². The standard InChI is InChI=1S/C12H12ClNO4/c1-18-12(17)8-5-10(11(15)16)14-9-4-6(13)2-3-7(8)9/h2-4,8,10,14H,5H2,1H3,(H,15,16)/t8-,10+/m1/s1. The smallest absolute Gasteiger partial charge is 0.326 e. The number of esters is 1. The maximum Gasteiger partial charge on any atom is 0.326 e. The summed E-state index contributed by atoms with van der Waals surface area (Å²) < 4.78 is 4.71. The predicted molar refractivity (Wildman–Crippen MR) is 65.9 cm³/mol.